The minimum atomic E-state index is -3.64. The zero-order valence-corrected chi connectivity index (χ0v) is 18.1. The van der Waals surface area contributed by atoms with Crippen LogP contribution in [-0.2, 0) is 24.1 Å². The van der Waals surface area contributed by atoms with Gasteiger partial charge in [0.25, 0.3) is 0 Å². The van der Waals surface area contributed by atoms with Crippen LogP contribution in [-0.4, -0.2) is 61.7 Å². The third-order valence-corrected chi connectivity index (χ3v) is 7.23. The highest BCUT2D eigenvalue weighted by Crippen LogP contribution is 2.18. The van der Waals surface area contributed by atoms with Crippen molar-refractivity contribution < 1.29 is 8.42 Å². The Kier molecular flexibility index (Phi) is 5.68. The molecule has 0 unspecified atom stereocenters. The average molecular weight is 430 g/mol. The molecule has 0 amide bonds. The lowest BCUT2D eigenvalue weighted by atomic mass is 10.2. The van der Waals surface area contributed by atoms with Crippen LogP contribution in [0.3, 0.4) is 0 Å². The Bertz CT molecular complexity index is 1190. The minimum Gasteiger partial charge on any atom is -0.369 e. The highest BCUT2D eigenvalue weighted by atomic mass is 32.2. The van der Waals surface area contributed by atoms with E-state index in [9.17, 15) is 13.2 Å². The van der Waals surface area contributed by atoms with E-state index in [0.717, 1.165) is 26.2 Å². The third-order valence-electron chi connectivity index (χ3n) is 5.77. The summed E-state index contributed by atoms with van der Waals surface area (Å²) in [4.78, 5) is 16.9. The summed E-state index contributed by atoms with van der Waals surface area (Å²) in [5.41, 5.74) is 2.35. The summed E-state index contributed by atoms with van der Waals surface area (Å²) in [6, 6.07) is 15.1. The second kappa shape index (κ2) is 8.25. The maximum absolute atomic E-state index is 12.7. The zero-order valence-electron chi connectivity index (χ0n) is 17.3. The van der Waals surface area contributed by atoms with Gasteiger partial charge in [-0.2, -0.15) is 0 Å². The Hall–Kier alpha value is -2.62. The molecule has 0 spiro atoms. The van der Waals surface area contributed by atoms with E-state index in [0.29, 0.717) is 24.1 Å². The van der Waals surface area contributed by atoms with Crippen LogP contribution in [0.1, 0.15) is 0 Å². The van der Waals surface area contributed by atoms with E-state index in [1.54, 1.807) is 32.3 Å². The molecule has 4 rings (SSSR count). The van der Waals surface area contributed by atoms with E-state index in [1.807, 2.05) is 18.2 Å². The molecular weight excluding hydrogens is 402 g/mol. The van der Waals surface area contributed by atoms with Crippen molar-refractivity contribution >= 4 is 26.7 Å². The second-order valence-corrected chi connectivity index (χ2v) is 9.38. The first-order chi connectivity index (χ1) is 14.4. The highest BCUT2D eigenvalue weighted by molar-refractivity contribution is 7.89. The van der Waals surface area contributed by atoms with Gasteiger partial charge in [0, 0.05) is 59.1 Å². The smallest absolute Gasteiger partial charge is 0.328 e. The Morgan fingerprint density at radius 1 is 0.900 bits per heavy atom. The predicted octanol–water partition coefficient (Wildman–Crippen LogP) is 0.978. The van der Waals surface area contributed by atoms with Gasteiger partial charge in [0.2, 0.25) is 10.0 Å². The molecule has 1 fully saturated rings. The molecule has 0 atom stereocenters. The lowest BCUT2D eigenvalue weighted by molar-refractivity contribution is 0.262. The van der Waals surface area contributed by atoms with E-state index in [4.69, 9.17) is 0 Å². The first-order valence-electron chi connectivity index (χ1n) is 10.0. The number of benzene rings is 2. The number of sulfonamides is 1. The molecule has 3 aromatic rings. The summed E-state index contributed by atoms with van der Waals surface area (Å²) >= 11 is 0. The summed E-state index contributed by atoms with van der Waals surface area (Å²) < 4.78 is 31.1. The van der Waals surface area contributed by atoms with Gasteiger partial charge in [-0.15, -0.1) is 0 Å². The number of anilines is 1. The van der Waals surface area contributed by atoms with Crippen LogP contribution in [0.25, 0.3) is 11.0 Å². The van der Waals surface area contributed by atoms with Crippen molar-refractivity contribution in [3.63, 3.8) is 0 Å². The summed E-state index contributed by atoms with van der Waals surface area (Å²) in [5.74, 6) is 0. The molecule has 8 nitrogen and oxygen atoms in total. The molecule has 0 bridgehead atoms. The van der Waals surface area contributed by atoms with Crippen molar-refractivity contribution in [1.29, 1.82) is 0 Å². The fraction of sp³-hybridized carbons (Fsp3) is 0.381. The summed E-state index contributed by atoms with van der Waals surface area (Å²) in [6.45, 7) is 4.65. The lowest BCUT2D eigenvalue weighted by Gasteiger charge is -2.36. The maximum Gasteiger partial charge on any atom is 0.328 e. The number of aromatic nitrogens is 2. The van der Waals surface area contributed by atoms with E-state index in [1.165, 1.54) is 14.8 Å². The van der Waals surface area contributed by atoms with E-state index < -0.39 is 10.0 Å². The Morgan fingerprint density at radius 3 is 2.27 bits per heavy atom. The number of nitrogens with zero attached hydrogens (tertiary/aromatic N) is 4. The number of para-hydroxylation sites is 1. The van der Waals surface area contributed by atoms with Gasteiger partial charge < -0.3 is 4.90 Å². The summed E-state index contributed by atoms with van der Waals surface area (Å²) in [6.07, 6.45) is 0. The number of fused-ring (bicyclic) bond motifs is 1. The quantitative estimate of drug-likeness (QED) is 0.632. The van der Waals surface area contributed by atoms with E-state index >= 15 is 0 Å². The molecule has 1 aliphatic rings. The van der Waals surface area contributed by atoms with E-state index in [-0.39, 0.29) is 10.6 Å². The van der Waals surface area contributed by atoms with Gasteiger partial charge in [-0.05, 0) is 30.3 Å². The molecule has 0 radical (unpaired) electrons. The monoisotopic (exact) mass is 429 g/mol. The molecule has 2 heterocycles. The summed E-state index contributed by atoms with van der Waals surface area (Å²) in [7, 11) is -0.321. The topological polar surface area (TPSA) is 79.6 Å². The fourth-order valence-electron chi connectivity index (χ4n) is 3.94. The van der Waals surface area contributed by atoms with Gasteiger partial charge in [-0.3, -0.25) is 14.0 Å². The van der Waals surface area contributed by atoms with E-state index in [2.05, 4.69) is 26.7 Å². The second-order valence-electron chi connectivity index (χ2n) is 7.61. The SMILES string of the molecule is Cn1c(=O)n(C)c2cc(S(=O)(=O)NCCN3CCN(c4ccccc4)CC3)ccc21. The summed E-state index contributed by atoms with van der Waals surface area (Å²) in [5, 5.41) is 0. The maximum atomic E-state index is 12.7. The van der Waals surface area contributed by atoms with Crippen molar-refractivity contribution in [2.75, 3.05) is 44.2 Å². The lowest BCUT2D eigenvalue weighted by Crippen LogP contribution is -2.48. The largest absolute Gasteiger partial charge is 0.369 e. The average Bonchev–Trinajstić information content (AvgIpc) is 2.98. The van der Waals surface area contributed by atoms with Crippen LogP contribution in [0.5, 0.6) is 0 Å². The molecule has 1 N–H and O–H groups in total. The van der Waals surface area contributed by atoms with Gasteiger partial charge in [0.05, 0.1) is 15.9 Å². The Labute approximate surface area is 176 Å². The first kappa shape index (κ1) is 20.6. The zero-order chi connectivity index (χ0) is 21.3. The molecule has 1 aliphatic heterocycles. The van der Waals surface area contributed by atoms with Crippen LogP contribution >= 0.6 is 0 Å². The van der Waals surface area contributed by atoms with Gasteiger partial charge in [0.15, 0.2) is 0 Å². The number of imidazole rings is 1. The van der Waals surface area contributed by atoms with Gasteiger partial charge in [-0.1, -0.05) is 18.2 Å². The first-order valence-corrected chi connectivity index (χ1v) is 11.5. The number of rotatable bonds is 6. The third kappa shape index (κ3) is 4.00. The van der Waals surface area contributed by atoms with Crippen LogP contribution in [0.2, 0.25) is 0 Å². The van der Waals surface area contributed by atoms with Gasteiger partial charge >= 0.3 is 5.69 Å². The van der Waals surface area contributed by atoms with Gasteiger partial charge in [0.1, 0.15) is 0 Å². The molecule has 0 saturated carbocycles. The van der Waals surface area contributed by atoms with Crippen LogP contribution < -0.4 is 15.3 Å². The van der Waals surface area contributed by atoms with Crippen molar-refractivity contribution in [2.24, 2.45) is 14.1 Å². The molecule has 0 aliphatic carbocycles. The van der Waals surface area contributed by atoms with Crippen LogP contribution in [0, 0.1) is 0 Å². The van der Waals surface area contributed by atoms with Crippen LogP contribution in [0.15, 0.2) is 58.2 Å². The Morgan fingerprint density at radius 2 is 1.57 bits per heavy atom. The number of hydrogen-bond acceptors (Lipinski definition) is 5. The normalized spacial score (nSPS) is 15.7. The fourth-order valence-corrected chi connectivity index (χ4v) is 4.98. The molecule has 2 aromatic carbocycles. The van der Waals surface area contributed by atoms with Gasteiger partial charge in [-0.25, -0.2) is 17.9 Å². The molecule has 30 heavy (non-hydrogen) atoms. The predicted molar refractivity (Wildman–Crippen MR) is 118 cm³/mol. The highest BCUT2D eigenvalue weighted by Gasteiger charge is 2.19. The van der Waals surface area contributed by atoms with Crippen molar-refractivity contribution in [3.05, 3.63) is 59.0 Å². The molecule has 9 heteroatoms. The minimum absolute atomic E-state index is 0.171. The molecular formula is C21H27N5O3S. The molecule has 1 saturated heterocycles. The Balaban J connectivity index is 1.34. The number of piperazine rings is 1. The van der Waals surface area contributed by atoms with Crippen molar-refractivity contribution in [1.82, 2.24) is 18.8 Å². The van der Waals surface area contributed by atoms with Crippen LogP contribution in [0.4, 0.5) is 5.69 Å². The van der Waals surface area contributed by atoms with Crippen molar-refractivity contribution in [3.8, 4) is 0 Å². The van der Waals surface area contributed by atoms with Crippen molar-refractivity contribution in [2.45, 2.75) is 4.90 Å². The standard InChI is InChI=1S/C21H27N5O3S/c1-23-19-9-8-18(16-20(19)24(2)21(23)27)30(28,29)22-10-11-25-12-14-26(15-13-25)17-6-4-3-5-7-17/h3-9,16,22H,10-15H2,1-2H3. The number of nitrogens with one attached hydrogen (secondary N) is 1. The molecule has 160 valence electrons. The molecule has 1 aromatic heterocycles. The number of hydrogen-bond donors (Lipinski definition) is 1. The number of aryl methyl sites for hydroxylation is 2.